The summed E-state index contributed by atoms with van der Waals surface area (Å²) in [6.45, 7) is 4.95. The molecule has 3 heteroatoms. The van der Waals surface area contributed by atoms with Crippen molar-refractivity contribution in [3.63, 3.8) is 0 Å². The summed E-state index contributed by atoms with van der Waals surface area (Å²) in [5.74, 6) is -2.32. The first-order valence-corrected chi connectivity index (χ1v) is 2.55. The minimum Gasteiger partial charge on any atom is -0.475 e. The van der Waals surface area contributed by atoms with Gasteiger partial charge in [-0.05, 0) is 12.0 Å². The standard InChI is InChI=1S/C6H8O3/c1-3-4(2)5(7)6(8)9/h2-3H2,1H3,(H,8,9). The van der Waals surface area contributed by atoms with Crippen LogP contribution >= 0.6 is 0 Å². The molecule has 0 saturated heterocycles. The molecule has 0 saturated carbocycles. The van der Waals surface area contributed by atoms with Crippen molar-refractivity contribution in [3.05, 3.63) is 12.2 Å². The molecule has 0 atom stereocenters. The average Bonchev–Trinajstić information content (AvgIpc) is 1.84. The molecular weight excluding hydrogens is 120 g/mol. The molecule has 3 nitrogen and oxygen atoms in total. The van der Waals surface area contributed by atoms with E-state index in [2.05, 4.69) is 6.58 Å². The predicted octanol–water partition coefficient (Wildman–Crippen LogP) is 0.606. The summed E-state index contributed by atoms with van der Waals surface area (Å²) in [5.41, 5.74) is 0.141. The zero-order valence-electron chi connectivity index (χ0n) is 5.18. The minimum atomic E-state index is -1.43. The zero-order valence-corrected chi connectivity index (χ0v) is 5.18. The second-order valence-corrected chi connectivity index (χ2v) is 1.59. The molecule has 0 heterocycles. The molecule has 0 aromatic heterocycles. The monoisotopic (exact) mass is 128 g/mol. The van der Waals surface area contributed by atoms with Crippen LogP contribution in [0.15, 0.2) is 12.2 Å². The smallest absolute Gasteiger partial charge is 0.376 e. The number of aliphatic carboxylic acids is 1. The van der Waals surface area contributed by atoms with Crippen molar-refractivity contribution in [1.82, 2.24) is 0 Å². The molecule has 0 amide bonds. The van der Waals surface area contributed by atoms with E-state index < -0.39 is 11.8 Å². The van der Waals surface area contributed by atoms with E-state index in [0.717, 1.165) is 0 Å². The van der Waals surface area contributed by atoms with E-state index in [1.807, 2.05) is 0 Å². The van der Waals surface area contributed by atoms with Gasteiger partial charge < -0.3 is 5.11 Å². The maximum atomic E-state index is 10.4. The number of hydrogen-bond donors (Lipinski definition) is 1. The molecule has 0 spiro atoms. The lowest BCUT2D eigenvalue weighted by Crippen LogP contribution is -2.13. The van der Waals surface area contributed by atoms with Crippen LogP contribution in [0.4, 0.5) is 0 Å². The van der Waals surface area contributed by atoms with Crippen LogP contribution < -0.4 is 0 Å². The molecule has 0 fully saturated rings. The molecule has 0 rings (SSSR count). The summed E-state index contributed by atoms with van der Waals surface area (Å²) in [4.78, 5) is 20.3. The summed E-state index contributed by atoms with van der Waals surface area (Å²) < 4.78 is 0. The summed E-state index contributed by atoms with van der Waals surface area (Å²) in [6.07, 6.45) is 0.394. The number of carboxylic acids is 1. The molecular formula is C6H8O3. The van der Waals surface area contributed by atoms with E-state index in [9.17, 15) is 9.59 Å². The van der Waals surface area contributed by atoms with Gasteiger partial charge >= 0.3 is 5.97 Å². The largest absolute Gasteiger partial charge is 0.475 e. The number of Topliss-reactive ketones (excluding diaryl/α,β-unsaturated/α-hetero) is 1. The Kier molecular flexibility index (Phi) is 2.64. The number of rotatable bonds is 3. The van der Waals surface area contributed by atoms with Crippen molar-refractivity contribution in [1.29, 1.82) is 0 Å². The van der Waals surface area contributed by atoms with E-state index in [4.69, 9.17) is 5.11 Å². The van der Waals surface area contributed by atoms with E-state index in [1.54, 1.807) is 6.92 Å². The topological polar surface area (TPSA) is 54.4 Å². The van der Waals surface area contributed by atoms with Crippen molar-refractivity contribution in [2.24, 2.45) is 0 Å². The molecule has 9 heavy (non-hydrogen) atoms. The third-order valence-electron chi connectivity index (χ3n) is 0.942. The van der Waals surface area contributed by atoms with Crippen LogP contribution in [0.25, 0.3) is 0 Å². The zero-order chi connectivity index (χ0) is 7.44. The van der Waals surface area contributed by atoms with E-state index in [-0.39, 0.29) is 5.57 Å². The van der Waals surface area contributed by atoms with Crippen molar-refractivity contribution in [2.75, 3.05) is 0 Å². The van der Waals surface area contributed by atoms with Crippen LogP contribution in [0.3, 0.4) is 0 Å². The first-order chi connectivity index (χ1) is 4.09. The van der Waals surface area contributed by atoms with Crippen LogP contribution in [0, 0.1) is 0 Å². The number of carboxylic acid groups (broad SMARTS) is 1. The highest BCUT2D eigenvalue weighted by atomic mass is 16.4. The Labute approximate surface area is 53.0 Å². The fourth-order valence-corrected chi connectivity index (χ4v) is 0.312. The average molecular weight is 128 g/mol. The lowest BCUT2D eigenvalue weighted by Gasteiger charge is -1.92. The molecule has 0 aliphatic carbocycles. The lowest BCUT2D eigenvalue weighted by molar-refractivity contribution is -0.147. The molecule has 1 N–H and O–H groups in total. The number of carbonyl (C=O) groups excluding carboxylic acids is 1. The highest BCUT2D eigenvalue weighted by molar-refractivity contribution is 6.39. The first kappa shape index (κ1) is 7.88. The van der Waals surface area contributed by atoms with E-state index in [1.165, 1.54) is 0 Å². The van der Waals surface area contributed by atoms with Gasteiger partial charge in [0, 0.05) is 0 Å². The summed E-state index contributed by atoms with van der Waals surface area (Å²) >= 11 is 0. The predicted molar refractivity (Wildman–Crippen MR) is 32.1 cm³/mol. The summed E-state index contributed by atoms with van der Waals surface area (Å²) in [6, 6.07) is 0. The second-order valence-electron chi connectivity index (χ2n) is 1.59. The SMILES string of the molecule is C=C(CC)C(=O)C(=O)O. The van der Waals surface area contributed by atoms with Gasteiger partial charge in [0.1, 0.15) is 0 Å². The number of carbonyl (C=O) groups is 2. The van der Waals surface area contributed by atoms with Gasteiger partial charge in [0.05, 0.1) is 0 Å². The Hall–Kier alpha value is -1.12. The highest BCUT2D eigenvalue weighted by Gasteiger charge is 2.12. The van der Waals surface area contributed by atoms with Gasteiger partial charge in [-0.3, -0.25) is 4.79 Å². The molecule has 0 aliphatic heterocycles. The third-order valence-corrected chi connectivity index (χ3v) is 0.942. The van der Waals surface area contributed by atoms with Gasteiger partial charge in [0.25, 0.3) is 5.78 Å². The quantitative estimate of drug-likeness (QED) is 0.447. The minimum absolute atomic E-state index is 0.141. The van der Waals surface area contributed by atoms with E-state index >= 15 is 0 Å². The molecule has 50 valence electrons. The highest BCUT2D eigenvalue weighted by Crippen LogP contribution is 1.96. The molecule has 0 radical (unpaired) electrons. The van der Waals surface area contributed by atoms with Crippen molar-refractivity contribution in [3.8, 4) is 0 Å². The van der Waals surface area contributed by atoms with E-state index in [0.29, 0.717) is 6.42 Å². The number of ketones is 1. The molecule has 0 aromatic carbocycles. The normalized spacial score (nSPS) is 8.56. The van der Waals surface area contributed by atoms with Crippen molar-refractivity contribution < 1.29 is 14.7 Å². The third kappa shape index (κ3) is 2.08. The molecule has 0 bridgehead atoms. The van der Waals surface area contributed by atoms with Crippen molar-refractivity contribution >= 4 is 11.8 Å². The van der Waals surface area contributed by atoms with Gasteiger partial charge in [0.2, 0.25) is 0 Å². The van der Waals surface area contributed by atoms with Crippen LogP contribution in [-0.4, -0.2) is 16.9 Å². The molecule has 0 aliphatic rings. The van der Waals surface area contributed by atoms with Crippen LogP contribution in [-0.2, 0) is 9.59 Å². The first-order valence-electron chi connectivity index (χ1n) is 2.55. The Balaban J connectivity index is 4.05. The maximum absolute atomic E-state index is 10.4. The molecule has 0 unspecified atom stereocenters. The lowest BCUT2D eigenvalue weighted by atomic mass is 10.1. The molecule has 0 aromatic rings. The number of hydrogen-bond acceptors (Lipinski definition) is 2. The van der Waals surface area contributed by atoms with Gasteiger partial charge in [-0.25, -0.2) is 4.79 Å². The fraction of sp³-hybridized carbons (Fsp3) is 0.333. The summed E-state index contributed by atoms with van der Waals surface area (Å²) in [5, 5.41) is 8.07. The van der Waals surface area contributed by atoms with Gasteiger partial charge in [-0.1, -0.05) is 13.5 Å². The van der Waals surface area contributed by atoms with Gasteiger partial charge in [-0.15, -0.1) is 0 Å². The summed E-state index contributed by atoms with van der Waals surface area (Å²) in [7, 11) is 0. The Morgan fingerprint density at radius 1 is 1.56 bits per heavy atom. The maximum Gasteiger partial charge on any atom is 0.376 e. The second kappa shape index (κ2) is 3.02. The Bertz CT molecular complexity index is 158. The van der Waals surface area contributed by atoms with Crippen LogP contribution in [0.2, 0.25) is 0 Å². The van der Waals surface area contributed by atoms with Crippen molar-refractivity contribution in [2.45, 2.75) is 13.3 Å². The van der Waals surface area contributed by atoms with Gasteiger partial charge in [-0.2, -0.15) is 0 Å². The Morgan fingerprint density at radius 2 is 2.00 bits per heavy atom. The van der Waals surface area contributed by atoms with Crippen LogP contribution in [0.1, 0.15) is 13.3 Å². The Morgan fingerprint density at radius 3 is 2.11 bits per heavy atom. The van der Waals surface area contributed by atoms with Gasteiger partial charge in [0.15, 0.2) is 0 Å². The fourth-order valence-electron chi connectivity index (χ4n) is 0.312. The van der Waals surface area contributed by atoms with Crippen LogP contribution in [0.5, 0.6) is 0 Å².